The molecule has 1 aromatic heterocycles. The Bertz CT molecular complexity index is 552. The zero-order valence-corrected chi connectivity index (χ0v) is 10.8. The topological polar surface area (TPSA) is 54.0 Å². The van der Waals surface area contributed by atoms with Crippen LogP contribution < -0.4 is 10.6 Å². The molecule has 0 spiro atoms. The van der Waals surface area contributed by atoms with Gasteiger partial charge in [-0.3, -0.25) is 4.79 Å². The molecule has 108 valence electrons. The maximum absolute atomic E-state index is 13.0. The van der Waals surface area contributed by atoms with Gasteiger partial charge in [0.15, 0.2) is 0 Å². The lowest BCUT2D eigenvalue weighted by Gasteiger charge is -2.17. The van der Waals surface area contributed by atoms with Gasteiger partial charge in [0.1, 0.15) is 5.69 Å². The number of alkyl halides is 3. The van der Waals surface area contributed by atoms with Gasteiger partial charge in [0, 0.05) is 19.8 Å². The van der Waals surface area contributed by atoms with Gasteiger partial charge in [0.25, 0.3) is 5.91 Å². The Hall–Kier alpha value is -1.89. The maximum Gasteiger partial charge on any atom is 0.418 e. The van der Waals surface area contributed by atoms with Crippen molar-refractivity contribution in [3.05, 3.63) is 35.2 Å². The molecule has 1 amide bonds. The average Bonchev–Trinajstić information content (AvgIpc) is 2.46. The molecule has 4 nitrogen and oxygen atoms in total. The molecule has 0 bridgehead atoms. The number of pyridine rings is 1. The van der Waals surface area contributed by atoms with Crippen molar-refractivity contribution >= 4 is 11.5 Å². The minimum absolute atomic E-state index is 0.409. The summed E-state index contributed by atoms with van der Waals surface area (Å²) in [6.07, 6.45) is -0.826. The molecule has 2 heterocycles. The minimum Gasteiger partial charge on any atom is -0.354 e. The third-order valence-corrected chi connectivity index (χ3v) is 3.07. The van der Waals surface area contributed by atoms with E-state index < -0.39 is 23.3 Å². The van der Waals surface area contributed by atoms with E-state index in [9.17, 15) is 18.0 Å². The van der Waals surface area contributed by atoms with E-state index in [1.54, 1.807) is 0 Å². The summed E-state index contributed by atoms with van der Waals surface area (Å²) in [4.78, 5) is 15.2. The molecule has 1 aliphatic heterocycles. The normalized spacial score (nSPS) is 15.7. The van der Waals surface area contributed by atoms with Gasteiger partial charge >= 0.3 is 6.18 Å². The molecular weight excluding hydrogens is 271 g/mol. The summed E-state index contributed by atoms with van der Waals surface area (Å²) in [5.74, 6) is -0.844. The number of carbonyl (C=O) groups excluding carboxylic acids is 1. The third-order valence-electron chi connectivity index (χ3n) is 3.07. The summed E-state index contributed by atoms with van der Waals surface area (Å²) in [7, 11) is 1.27. The monoisotopic (exact) mass is 285 g/mol. The molecule has 0 radical (unpaired) electrons. The molecule has 2 N–H and O–H groups in total. The van der Waals surface area contributed by atoms with Gasteiger partial charge in [-0.2, -0.15) is 13.2 Å². The van der Waals surface area contributed by atoms with Gasteiger partial charge in [-0.1, -0.05) is 6.08 Å². The first-order chi connectivity index (χ1) is 9.43. The molecule has 1 aliphatic rings. The van der Waals surface area contributed by atoms with Crippen molar-refractivity contribution in [3.63, 3.8) is 0 Å². The van der Waals surface area contributed by atoms with Crippen molar-refractivity contribution in [3.8, 4) is 0 Å². The summed E-state index contributed by atoms with van der Waals surface area (Å²) in [5, 5.41) is 5.25. The Kier molecular flexibility index (Phi) is 4.08. The molecule has 0 unspecified atom stereocenters. The zero-order valence-electron chi connectivity index (χ0n) is 10.8. The Morgan fingerprint density at radius 2 is 2.20 bits per heavy atom. The number of rotatable bonds is 2. The van der Waals surface area contributed by atoms with E-state index in [2.05, 4.69) is 15.6 Å². The molecular formula is C13H14F3N3O. The van der Waals surface area contributed by atoms with Crippen LogP contribution in [0, 0.1) is 0 Å². The fourth-order valence-electron chi connectivity index (χ4n) is 2.04. The SMILES string of the molecule is CNC(=O)c1ncc(C2=CCNCC2)cc1C(F)(F)F. The van der Waals surface area contributed by atoms with Crippen LogP contribution in [0.25, 0.3) is 5.57 Å². The second-order valence-electron chi connectivity index (χ2n) is 4.38. The first-order valence-electron chi connectivity index (χ1n) is 6.13. The van der Waals surface area contributed by atoms with Crippen molar-refractivity contribution < 1.29 is 18.0 Å². The highest BCUT2D eigenvalue weighted by atomic mass is 19.4. The maximum atomic E-state index is 13.0. The van der Waals surface area contributed by atoms with E-state index in [-0.39, 0.29) is 0 Å². The van der Waals surface area contributed by atoms with Crippen molar-refractivity contribution in [1.82, 2.24) is 15.6 Å². The summed E-state index contributed by atoms with van der Waals surface area (Å²) < 4.78 is 39.1. The molecule has 1 aromatic rings. The second kappa shape index (κ2) is 5.62. The fraction of sp³-hybridized carbons (Fsp3) is 0.385. The van der Waals surface area contributed by atoms with Crippen LogP contribution in [0.4, 0.5) is 13.2 Å². The Balaban J connectivity index is 2.48. The summed E-state index contributed by atoms with van der Waals surface area (Å²) >= 11 is 0. The molecule has 0 atom stereocenters. The Labute approximate surface area is 114 Å². The van der Waals surface area contributed by atoms with Crippen LogP contribution in [0.2, 0.25) is 0 Å². The lowest BCUT2D eigenvalue weighted by Crippen LogP contribution is -2.25. The Morgan fingerprint density at radius 3 is 2.75 bits per heavy atom. The van der Waals surface area contributed by atoms with Gasteiger partial charge < -0.3 is 10.6 Å². The minimum atomic E-state index is -4.61. The smallest absolute Gasteiger partial charge is 0.354 e. The highest BCUT2D eigenvalue weighted by Gasteiger charge is 2.36. The number of nitrogens with one attached hydrogen (secondary N) is 2. The molecule has 0 fully saturated rings. The first-order valence-corrected chi connectivity index (χ1v) is 6.13. The second-order valence-corrected chi connectivity index (χ2v) is 4.38. The average molecular weight is 285 g/mol. The van der Waals surface area contributed by atoms with E-state index in [4.69, 9.17) is 0 Å². The quantitative estimate of drug-likeness (QED) is 0.871. The molecule has 2 rings (SSSR count). The number of hydrogen-bond acceptors (Lipinski definition) is 3. The third kappa shape index (κ3) is 2.98. The highest BCUT2D eigenvalue weighted by molar-refractivity contribution is 5.94. The predicted molar refractivity (Wildman–Crippen MR) is 68.1 cm³/mol. The summed E-state index contributed by atoms with van der Waals surface area (Å²) in [6.45, 7) is 1.33. The van der Waals surface area contributed by atoms with E-state index in [1.165, 1.54) is 13.2 Å². The summed E-state index contributed by atoms with van der Waals surface area (Å²) in [5.41, 5.74) is -0.385. The molecule has 7 heteroatoms. The molecule has 0 saturated heterocycles. The van der Waals surface area contributed by atoms with Gasteiger partial charge in [-0.15, -0.1) is 0 Å². The van der Waals surface area contributed by atoms with E-state index >= 15 is 0 Å². The number of carbonyl (C=O) groups is 1. The molecule has 20 heavy (non-hydrogen) atoms. The number of aromatic nitrogens is 1. The van der Waals surface area contributed by atoms with Crippen LogP contribution in [-0.2, 0) is 6.18 Å². The lowest BCUT2D eigenvalue weighted by molar-refractivity contribution is -0.138. The highest BCUT2D eigenvalue weighted by Crippen LogP contribution is 2.33. The van der Waals surface area contributed by atoms with E-state index in [1.807, 2.05) is 6.08 Å². The fourth-order valence-corrected chi connectivity index (χ4v) is 2.04. The van der Waals surface area contributed by atoms with Crippen LogP contribution in [-0.4, -0.2) is 31.0 Å². The van der Waals surface area contributed by atoms with E-state index in [0.29, 0.717) is 25.1 Å². The van der Waals surface area contributed by atoms with Crippen LogP contribution >= 0.6 is 0 Å². The Morgan fingerprint density at radius 1 is 1.45 bits per heavy atom. The number of amides is 1. The zero-order chi connectivity index (χ0) is 14.8. The number of nitrogens with zero attached hydrogens (tertiary/aromatic N) is 1. The van der Waals surface area contributed by atoms with Crippen LogP contribution in [0.1, 0.15) is 28.0 Å². The van der Waals surface area contributed by atoms with Gasteiger partial charge in [-0.25, -0.2) is 4.98 Å². The van der Waals surface area contributed by atoms with Crippen LogP contribution in [0.15, 0.2) is 18.3 Å². The van der Waals surface area contributed by atoms with Gasteiger partial charge in [-0.05, 0) is 30.2 Å². The van der Waals surface area contributed by atoms with Gasteiger partial charge in [0.2, 0.25) is 0 Å². The van der Waals surface area contributed by atoms with E-state index in [0.717, 1.165) is 11.6 Å². The van der Waals surface area contributed by atoms with Crippen molar-refractivity contribution in [2.75, 3.05) is 20.1 Å². The van der Waals surface area contributed by atoms with Crippen LogP contribution in [0.5, 0.6) is 0 Å². The standard InChI is InChI=1S/C13H14F3N3O/c1-17-12(20)11-10(13(14,15)16)6-9(7-19-11)8-2-4-18-5-3-8/h2,6-7,18H,3-5H2,1H3,(H,17,20). The predicted octanol–water partition coefficient (Wildman–Crippen LogP) is 1.84. The number of hydrogen-bond donors (Lipinski definition) is 2. The molecule has 0 aliphatic carbocycles. The molecule has 0 saturated carbocycles. The largest absolute Gasteiger partial charge is 0.418 e. The molecule has 0 aromatic carbocycles. The van der Waals surface area contributed by atoms with Gasteiger partial charge in [0.05, 0.1) is 5.56 Å². The van der Waals surface area contributed by atoms with Crippen molar-refractivity contribution in [2.45, 2.75) is 12.6 Å². The lowest BCUT2D eigenvalue weighted by atomic mass is 9.99. The number of halogens is 3. The first kappa shape index (κ1) is 14.5. The summed E-state index contributed by atoms with van der Waals surface area (Å²) in [6, 6.07) is 0.995. The van der Waals surface area contributed by atoms with Crippen molar-refractivity contribution in [2.24, 2.45) is 0 Å². The van der Waals surface area contributed by atoms with Crippen molar-refractivity contribution in [1.29, 1.82) is 0 Å². The van der Waals surface area contributed by atoms with Crippen LogP contribution in [0.3, 0.4) is 0 Å².